The zero-order valence-corrected chi connectivity index (χ0v) is 8.80. The summed E-state index contributed by atoms with van der Waals surface area (Å²) in [5.41, 5.74) is 1.15. The molecule has 0 radical (unpaired) electrons. The minimum absolute atomic E-state index is 0.0690. The maximum absolute atomic E-state index is 4.62. The second kappa shape index (κ2) is 2.99. The van der Waals surface area contributed by atoms with E-state index in [9.17, 15) is 0 Å². The quantitative estimate of drug-likeness (QED) is 0.396. The third kappa shape index (κ3) is 1.08. The van der Waals surface area contributed by atoms with Gasteiger partial charge in [-0.1, -0.05) is 42.5 Å². The highest BCUT2D eigenvalue weighted by Gasteiger charge is 1.98. The first kappa shape index (κ1) is 7.82. The largest absolute Gasteiger partial charge is 0.300 e. The van der Waals surface area contributed by atoms with Crippen LogP contribution in [-0.2, 0) is 0 Å². The maximum atomic E-state index is 4.62. The van der Waals surface area contributed by atoms with Gasteiger partial charge in [0, 0.05) is 5.39 Å². The molecule has 0 atom stereocenters. The molecule has 2 heteroatoms. The summed E-state index contributed by atoms with van der Waals surface area (Å²) in [6, 6.07) is 16.9. The first-order chi connectivity index (χ1) is 6.95. The number of benzene rings is 2. The van der Waals surface area contributed by atoms with Gasteiger partial charge in [-0.2, -0.15) is 0 Å². The van der Waals surface area contributed by atoms with Crippen LogP contribution < -0.4 is 0 Å². The minimum Gasteiger partial charge on any atom is -0.300 e. The summed E-state index contributed by atoms with van der Waals surface area (Å²) in [5.74, 6) is 0. The Morgan fingerprint density at radius 3 is 2.43 bits per heavy atom. The number of nitrogens with zero attached hydrogens (tertiary/aromatic N) is 1. The van der Waals surface area contributed by atoms with Crippen LogP contribution in [0.5, 0.6) is 0 Å². The predicted molar refractivity (Wildman–Crippen MR) is 62.0 cm³/mol. The molecule has 0 fully saturated rings. The smallest absolute Gasteiger partial charge is 0.148 e. The summed E-state index contributed by atoms with van der Waals surface area (Å²) in [6.07, 6.45) is 0. The third-order valence-corrected chi connectivity index (χ3v) is 3.69. The van der Waals surface area contributed by atoms with Crippen LogP contribution in [0.3, 0.4) is 0 Å². The van der Waals surface area contributed by atoms with Crippen molar-refractivity contribution < 1.29 is 0 Å². The van der Waals surface area contributed by atoms with E-state index in [0.29, 0.717) is 0 Å². The lowest BCUT2D eigenvalue weighted by Crippen LogP contribution is -1.86. The van der Waals surface area contributed by atoms with Gasteiger partial charge in [0.1, 0.15) is 9.29 Å². The van der Waals surface area contributed by atoms with Crippen LogP contribution >= 0.6 is 0 Å². The molecule has 3 rings (SSSR count). The second-order valence-electron chi connectivity index (χ2n) is 3.36. The van der Waals surface area contributed by atoms with Crippen molar-refractivity contribution in [2.24, 2.45) is 0 Å². The predicted octanol–water partition coefficient (Wildman–Crippen LogP) is 2.46. The van der Waals surface area contributed by atoms with Crippen molar-refractivity contribution in [1.82, 2.24) is 4.64 Å². The van der Waals surface area contributed by atoms with E-state index in [1.807, 2.05) is 0 Å². The molecule has 0 unspecified atom stereocenters. The number of rotatable bonds is 0. The lowest BCUT2D eigenvalue weighted by atomic mass is 10.1. The van der Waals surface area contributed by atoms with Gasteiger partial charge in [-0.05, 0) is 16.4 Å². The molecule has 14 heavy (non-hydrogen) atoms. The first-order valence-electron chi connectivity index (χ1n) is 4.68. The van der Waals surface area contributed by atoms with E-state index in [-0.39, 0.29) is 9.29 Å². The molecule has 0 saturated heterocycles. The van der Waals surface area contributed by atoms with E-state index >= 15 is 0 Å². The molecule has 0 bridgehead atoms. The number of hydrogen-bond acceptors (Lipinski definition) is 1. The normalized spacial score (nSPS) is 10.9. The zero-order chi connectivity index (χ0) is 9.38. The number of para-hydroxylation sites is 1. The summed E-state index contributed by atoms with van der Waals surface area (Å²) >= 11 is 0. The van der Waals surface area contributed by atoms with Crippen LogP contribution in [0.25, 0.3) is 21.3 Å². The highest BCUT2D eigenvalue weighted by Crippen LogP contribution is 2.20. The SMILES string of the molecule is c1ccc2c(c1)n[siH]c1ccccc12. The van der Waals surface area contributed by atoms with E-state index in [1.54, 1.807) is 0 Å². The maximum Gasteiger partial charge on any atom is 0.148 e. The molecule has 66 valence electrons. The fraction of sp³-hybridized carbons (Fsp3) is 0. The van der Waals surface area contributed by atoms with Gasteiger partial charge in [-0.3, -0.25) is 0 Å². The van der Waals surface area contributed by atoms with Crippen LogP contribution in [0, 0.1) is 0 Å². The first-order valence-corrected chi connectivity index (χ1v) is 5.77. The Balaban J connectivity index is 2.61. The van der Waals surface area contributed by atoms with Crippen LogP contribution in [0.2, 0.25) is 0 Å². The molecule has 0 spiro atoms. The van der Waals surface area contributed by atoms with Gasteiger partial charge < -0.3 is 4.64 Å². The summed E-state index contributed by atoms with van der Waals surface area (Å²) in [4.78, 5) is 1.41. The Hall–Kier alpha value is -1.54. The molecule has 1 aromatic heterocycles. The minimum atomic E-state index is 0.0690. The summed E-state index contributed by atoms with van der Waals surface area (Å²) in [6.45, 7) is 0. The topological polar surface area (TPSA) is 12.9 Å². The van der Waals surface area contributed by atoms with Crippen LogP contribution in [0.15, 0.2) is 48.5 Å². The van der Waals surface area contributed by atoms with Crippen LogP contribution in [-0.4, -0.2) is 13.9 Å². The lowest BCUT2D eigenvalue weighted by molar-refractivity contribution is 1.62. The fourth-order valence-electron chi connectivity index (χ4n) is 1.81. The molecule has 0 aliphatic carbocycles. The van der Waals surface area contributed by atoms with Crippen LogP contribution in [0.4, 0.5) is 0 Å². The molecule has 0 N–H and O–H groups in total. The molecule has 0 aliphatic rings. The van der Waals surface area contributed by atoms with E-state index < -0.39 is 0 Å². The van der Waals surface area contributed by atoms with Gasteiger partial charge in [0.25, 0.3) is 0 Å². The van der Waals surface area contributed by atoms with Crippen molar-refractivity contribution in [3.05, 3.63) is 48.5 Å². The Kier molecular flexibility index (Phi) is 1.67. The number of aromatic nitrogens is 1. The van der Waals surface area contributed by atoms with Gasteiger partial charge >= 0.3 is 0 Å². The Morgan fingerprint density at radius 1 is 0.786 bits per heavy atom. The van der Waals surface area contributed by atoms with Crippen molar-refractivity contribution >= 4 is 30.6 Å². The van der Waals surface area contributed by atoms with Crippen molar-refractivity contribution in [3.63, 3.8) is 0 Å². The Bertz CT molecular complexity index is 549. The molecular weight excluding hydrogens is 186 g/mol. The average Bonchev–Trinajstić information content (AvgIpc) is 2.29. The Labute approximate surface area is 84.2 Å². The monoisotopic (exact) mass is 195 g/mol. The average molecular weight is 195 g/mol. The number of hydrogen-bond donors (Lipinski definition) is 0. The molecule has 2 aromatic carbocycles. The molecule has 0 aliphatic heterocycles. The van der Waals surface area contributed by atoms with Gasteiger partial charge in [-0.15, -0.1) is 0 Å². The molecule has 1 nitrogen and oxygen atoms in total. The van der Waals surface area contributed by atoms with E-state index in [4.69, 9.17) is 0 Å². The van der Waals surface area contributed by atoms with E-state index in [1.165, 1.54) is 15.8 Å². The lowest BCUT2D eigenvalue weighted by Gasteiger charge is -2.01. The highest BCUT2D eigenvalue weighted by molar-refractivity contribution is 6.45. The molecular formula is C12H9NSi. The van der Waals surface area contributed by atoms with Gasteiger partial charge in [0.15, 0.2) is 0 Å². The van der Waals surface area contributed by atoms with Gasteiger partial charge in [-0.25, -0.2) is 0 Å². The Morgan fingerprint density at radius 2 is 1.50 bits per heavy atom. The zero-order valence-electron chi connectivity index (χ0n) is 7.64. The molecule has 0 amide bonds. The highest BCUT2D eigenvalue weighted by atomic mass is 28.2. The van der Waals surface area contributed by atoms with Gasteiger partial charge in [0.2, 0.25) is 0 Å². The van der Waals surface area contributed by atoms with E-state index in [0.717, 1.165) is 5.52 Å². The van der Waals surface area contributed by atoms with Crippen molar-refractivity contribution in [2.75, 3.05) is 0 Å². The fourth-order valence-corrected chi connectivity index (χ4v) is 2.90. The standard InChI is InChI=1S/C12H9NSi/c1-3-7-11-9(5-1)10-6-2-4-8-12(10)14-13-11/h1-8,14H. The van der Waals surface area contributed by atoms with Crippen molar-refractivity contribution in [3.8, 4) is 0 Å². The summed E-state index contributed by atoms with van der Waals surface area (Å²) in [7, 11) is 0.0690. The van der Waals surface area contributed by atoms with Gasteiger partial charge in [0.05, 0.1) is 5.52 Å². The third-order valence-electron chi connectivity index (χ3n) is 2.50. The van der Waals surface area contributed by atoms with E-state index in [2.05, 4.69) is 53.2 Å². The van der Waals surface area contributed by atoms with Crippen LogP contribution in [0.1, 0.15) is 0 Å². The molecule has 1 heterocycles. The second-order valence-corrected chi connectivity index (χ2v) is 4.50. The summed E-state index contributed by atoms with van der Waals surface area (Å²) in [5, 5.41) is 2.65. The van der Waals surface area contributed by atoms with Crippen molar-refractivity contribution in [1.29, 1.82) is 0 Å². The van der Waals surface area contributed by atoms with Crippen molar-refractivity contribution in [2.45, 2.75) is 0 Å². The molecule has 0 saturated carbocycles. The number of fused-ring (bicyclic) bond motifs is 3. The molecule has 3 aromatic rings. The summed E-state index contributed by atoms with van der Waals surface area (Å²) < 4.78 is 4.62.